The van der Waals surface area contributed by atoms with Crippen molar-refractivity contribution in [3.63, 3.8) is 0 Å². The van der Waals surface area contributed by atoms with Crippen molar-refractivity contribution in [1.29, 1.82) is 0 Å². The van der Waals surface area contributed by atoms with Crippen LogP contribution in [0.1, 0.15) is 43.8 Å². The summed E-state index contributed by atoms with van der Waals surface area (Å²) in [5, 5.41) is 14.6. The van der Waals surface area contributed by atoms with Crippen LogP contribution in [0.15, 0.2) is 30.5 Å². The number of hydrogen-bond donors (Lipinski definition) is 2. The predicted octanol–water partition coefficient (Wildman–Crippen LogP) is 2.94. The first-order valence-corrected chi connectivity index (χ1v) is 11.5. The number of aromatic nitrogens is 3. The van der Waals surface area contributed by atoms with Gasteiger partial charge in [-0.2, -0.15) is 0 Å². The number of anilines is 1. The van der Waals surface area contributed by atoms with Gasteiger partial charge in [0.2, 0.25) is 0 Å². The smallest absolute Gasteiger partial charge is 0.319 e. The highest BCUT2D eigenvalue weighted by atomic mass is 16.6. The van der Waals surface area contributed by atoms with Crippen LogP contribution in [0.3, 0.4) is 0 Å². The number of carbonyl (C=O) groups is 1. The number of rotatable bonds is 6. The van der Waals surface area contributed by atoms with E-state index >= 15 is 0 Å². The van der Waals surface area contributed by atoms with Crippen molar-refractivity contribution < 1.29 is 19.0 Å². The molecule has 1 aromatic heterocycles. The van der Waals surface area contributed by atoms with Gasteiger partial charge in [0, 0.05) is 11.9 Å². The lowest BCUT2D eigenvalue weighted by molar-refractivity contribution is 0.0622. The molecule has 4 atom stereocenters. The van der Waals surface area contributed by atoms with E-state index < -0.39 is 0 Å². The Labute approximate surface area is 187 Å². The standard InChI is InChI=1S/C23H31N5O4/c1-30-18-9-7-16(8-10-18)24-23(29)25-19-13-31-22-20(14-32-21(19)22)28-12-17(26-27-28)11-15-5-3-2-4-6-15/h7-10,12,15,19-22H,2-6,11,13-14H2,1H3,(H2,24,25,29)/t19-,20-,21+,22+/m0/s1. The Balaban J connectivity index is 1.15. The topological polar surface area (TPSA) is 99.5 Å². The van der Waals surface area contributed by atoms with Gasteiger partial charge in [-0.25, -0.2) is 9.48 Å². The van der Waals surface area contributed by atoms with Crippen LogP contribution in [0.25, 0.3) is 0 Å². The van der Waals surface area contributed by atoms with E-state index in [9.17, 15) is 4.79 Å². The number of carbonyl (C=O) groups excluding carboxylic acids is 1. The molecule has 3 aliphatic rings. The molecule has 0 radical (unpaired) electrons. The van der Waals surface area contributed by atoms with Gasteiger partial charge >= 0.3 is 6.03 Å². The first-order chi connectivity index (χ1) is 15.7. The fourth-order valence-corrected chi connectivity index (χ4v) is 5.10. The van der Waals surface area contributed by atoms with Crippen LogP contribution >= 0.6 is 0 Å². The van der Waals surface area contributed by atoms with Gasteiger partial charge in [-0.15, -0.1) is 5.10 Å². The third-order valence-corrected chi connectivity index (χ3v) is 6.81. The van der Waals surface area contributed by atoms with Crippen LogP contribution in [0, 0.1) is 5.92 Å². The highest BCUT2D eigenvalue weighted by Crippen LogP contribution is 2.34. The maximum atomic E-state index is 12.5. The highest BCUT2D eigenvalue weighted by Gasteiger charge is 2.49. The molecule has 32 heavy (non-hydrogen) atoms. The van der Waals surface area contributed by atoms with Gasteiger partial charge in [-0.05, 0) is 36.6 Å². The average Bonchev–Trinajstić information content (AvgIpc) is 3.53. The molecule has 2 amide bonds. The number of urea groups is 1. The second-order valence-electron chi connectivity index (χ2n) is 8.99. The zero-order chi connectivity index (χ0) is 21.9. The van der Waals surface area contributed by atoms with Crippen LogP contribution < -0.4 is 15.4 Å². The molecule has 0 bridgehead atoms. The van der Waals surface area contributed by atoms with Gasteiger partial charge in [-0.3, -0.25) is 0 Å². The summed E-state index contributed by atoms with van der Waals surface area (Å²) in [6.45, 7) is 0.908. The van der Waals surface area contributed by atoms with E-state index in [1.54, 1.807) is 31.4 Å². The molecule has 1 aromatic carbocycles. The van der Waals surface area contributed by atoms with Gasteiger partial charge in [0.25, 0.3) is 0 Å². The number of fused-ring (bicyclic) bond motifs is 1. The molecule has 0 unspecified atom stereocenters. The molecule has 2 N–H and O–H groups in total. The molecular formula is C23H31N5O4. The zero-order valence-corrected chi connectivity index (χ0v) is 18.4. The van der Waals surface area contributed by atoms with E-state index in [4.69, 9.17) is 14.2 Å². The Morgan fingerprint density at radius 2 is 1.91 bits per heavy atom. The third kappa shape index (κ3) is 4.59. The maximum Gasteiger partial charge on any atom is 0.319 e. The molecule has 2 saturated heterocycles. The molecular weight excluding hydrogens is 410 g/mol. The van der Waals surface area contributed by atoms with Crippen molar-refractivity contribution in [2.24, 2.45) is 5.92 Å². The predicted molar refractivity (Wildman–Crippen MR) is 118 cm³/mol. The lowest BCUT2D eigenvalue weighted by atomic mass is 9.86. The van der Waals surface area contributed by atoms with Crippen LogP contribution in [-0.4, -0.2) is 59.6 Å². The molecule has 172 valence electrons. The molecule has 3 heterocycles. The van der Waals surface area contributed by atoms with E-state index in [0.29, 0.717) is 18.9 Å². The van der Waals surface area contributed by atoms with Gasteiger partial charge < -0.3 is 24.8 Å². The number of methoxy groups -OCH3 is 1. The summed E-state index contributed by atoms with van der Waals surface area (Å²) in [5.74, 6) is 1.46. The molecule has 9 heteroatoms. The van der Waals surface area contributed by atoms with E-state index in [-0.39, 0.29) is 30.3 Å². The number of nitrogens with one attached hydrogen (secondary N) is 2. The molecule has 2 aromatic rings. The summed E-state index contributed by atoms with van der Waals surface area (Å²) in [6, 6.07) is 6.67. The van der Waals surface area contributed by atoms with Crippen LogP contribution in [0.5, 0.6) is 5.75 Å². The first kappa shape index (κ1) is 21.2. The summed E-state index contributed by atoms with van der Waals surface area (Å²) in [6.07, 6.45) is 9.29. The molecule has 2 aliphatic heterocycles. The molecule has 1 saturated carbocycles. The quantitative estimate of drug-likeness (QED) is 0.715. The summed E-state index contributed by atoms with van der Waals surface area (Å²) in [4.78, 5) is 12.5. The number of benzene rings is 1. The van der Waals surface area contributed by atoms with Crippen LogP contribution in [0.4, 0.5) is 10.5 Å². The largest absolute Gasteiger partial charge is 0.497 e. The minimum absolute atomic E-state index is 0.0240. The van der Waals surface area contributed by atoms with Crippen molar-refractivity contribution in [3.8, 4) is 5.75 Å². The van der Waals surface area contributed by atoms with Crippen LogP contribution in [0.2, 0.25) is 0 Å². The Morgan fingerprint density at radius 3 is 2.69 bits per heavy atom. The second-order valence-corrected chi connectivity index (χ2v) is 8.99. The lowest BCUT2D eigenvalue weighted by Gasteiger charge is -2.20. The summed E-state index contributed by atoms with van der Waals surface area (Å²) >= 11 is 0. The van der Waals surface area contributed by atoms with Gasteiger partial charge in [0.15, 0.2) is 0 Å². The highest BCUT2D eigenvalue weighted by molar-refractivity contribution is 5.89. The lowest BCUT2D eigenvalue weighted by Crippen LogP contribution is -2.45. The normalized spacial score (nSPS) is 27.8. The third-order valence-electron chi connectivity index (χ3n) is 6.81. The van der Waals surface area contributed by atoms with E-state index in [1.165, 1.54) is 32.1 Å². The molecule has 9 nitrogen and oxygen atoms in total. The van der Waals surface area contributed by atoms with Crippen molar-refractivity contribution in [2.75, 3.05) is 25.6 Å². The van der Waals surface area contributed by atoms with E-state index in [1.807, 2.05) is 10.9 Å². The Bertz CT molecular complexity index is 911. The number of nitrogens with zero attached hydrogens (tertiary/aromatic N) is 3. The van der Waals surface area contributed by atoms with Crippen molar-refractivity contribution in [3.05, 3.63) is 36.2 Å². The molecule has 1 aliphatic carbocycles. The van der Waals surface area contributed by atoms with Gasteiger partial charge in [0.05, 0.1) is 32.1 Å². The zero-order valence-electron chi connectivity index (χ0n) is 18.4. The summed E-state index contributed by atoms with van der Waals surface area (Å²) in [5.41, 5.74) is 1.74. The van der Waals surface area contributed by atoms with Crippen LogP contribution in [-0.2, 0) is 15.9 Å². The SMILES string of the molecule is COc1ccc(NC(=O)N[C@H]2CO[C@H]3[C@@H]2OC[C@@H]3n2cc(CC3CCCCC3)nn2)cc1. The molecule has 5 rings (SSSR count). The number of ether oxygens (including phenoxy) is 3. The van der Waals surface area contributed by atoms with E-state index in [0.717, 1.165) is 23.8 Å². The fraction of sp³-hybridized carbons (Fsp3) is 0.609. The molecule has 3 fully saturated rings. The monoisotopic (exact) mass is 441 g/mol. The first-order valence-electron chi connectivity index (χ1n) is 11.5. The minimum Gasteiger partial charge on any atom is -0.497 e. The van der Waals surface area contributed by atoms with Crippen molar-refractivity contribution in [2.45, 2.75) is 62.8 Å². The maximum absolute atomic E-state index is 12.5. The van der Waals surface area contributed by atoms with Gasteiger partial charge in [-0.1, -0.05) is 37.3 Å². The number of hydrogen-bond acceptors (Lipinski definition) is 6. The van der Waals surface area contributed by atoms with Crippen molar-refractivity contribution >= 4 is 11.7 Å². The Morgan fingerprint density at radius 1 is 1.12 bits per heavy atom. The van der Waals surface area contributed by atoms with Gasteiger partial charge in [0.1, 0.15) is 24.0 Å². The van der Waals surface area contributed by atoms with Crippen molar-refractivity contribution in [1.82, 2.24) is 20.3 Å². The summed E-state index contributed by atoms with van der Waals surface area (Å²) in [7, 11) is 1.61. The van der Waals surface area contributed by atoms with E-state index in [2.05, 4.69) is 20.9 Å². The second kappa shape index (κ2) is 9.46. The summed E-state index contributed by atoms with van der Waals surface area (Å²) < 4.78 is 19.1. The minimum atomic E-state index is -0.285. The Kier molecular flexibility index (Phi) is 6.27. The number of amides is 2. The fourth-order valence-electron chi connectivity index (χ4n) is 5.10. The Hall–Kier alpha value is -2.65. The molecule has 0 spiro atoms. The average molecular weight is 442 g/mol.